The molecule has 0 radical (unpaired) electrons. The lowest BCUT2D eigenvalue weighted by Crippen LogP contribution is -2.09. The summed E-state index contributed by atoms with van der Waals surface area (Å²) in [6.07, 6.45) is 4.82. The van der Waals surface area contributed by atoms with E-state index in [0.717, 1.165) is 11.2 Å². The van der Waals surface area contributed by atoms with Crippen LogP contribution in [0.15, 0.2) is 48.5 Å². The van der Waals surface area contributed by atoms with Crippen LogP contribution in [0.4, 0.5) is 5.69 Å². The Morgan fingerprint density at radius 2 is 2.00 bits per heavy atom. The van der Waals surface area contributed by atoms with Gasteiger partial charge in [0.1, 0.15) is 5.75 Å². The SMILES string of the molecule is Bc1ccc(-c2cc(C=C)c(/N=C\C=C)cc2O)nn1. The van der Waals surface area contributed by atoms with Crippen molar-refractivity contribution in [1.29, 1.82) is 0 Å². The molecule has 1 heterocycles. The van der Waals surface area contributed by atoms with E-state index in [2.05, 4.69) is 28.3 Å². The van der Waals surface area contributed by atoms with Gasteiger partial charge in [0.2, 0.25) is 0 Å². The summed E-state index contributed by atoms with van der Waals surface area (Å²) in [7, 11) is 1.86. The Morgan fingerprint density at radius 1 is 1.20 bits per heavy atom. The molecule has 1 aromatic heterocycles. The zero-order valence-electron chi connectivity index (χ0n) is 11.2. The first kappa shape index (κ1) is 13.7. The third-order valence-corrected chi connectivity index (χ3v) is 2.76. The molecule has 98 valence electrons. The van der Waals surface area contributed by atoms with Gasteiger partial charge in [-0.25, -0.2) is 0 Å². The van der Waals surface area contributed by atoms with E-state index >= 15 is 0 Å². The van der Waals surface area contributed by atoms with Gasteiger partial charge in [-0.05, 0) is 18.2 Å². The first-order valence-corrected chi connectivity index (χ1v) is 6.11. The average molecular weight is 263 g/mol. The number of aromatic nitrogens is 2. The number of benzene rings is 1. The Bertz CT molecular complexity index is 678. The fourth-order valence-corrected chi connectivity index (χ4v) is 1.75. The third-order valence-electron chi connectivity index (χ3n) is 2.76. The van der Waals surface area contributed by atoms with E-state index in [1.807, 2.05) is 20.0 Å². The van der Waals surface area contributed by atoms with Crippen LogP contribution in [-0.4, -0.2) is 29.4 Å². The molecule has 1 N–H and O–H groups in total. The van der Waals surface area contributed by atoms with Crippen molar-refractivity contribution >= 4 is 31.4 Å². The molecular weight excluding hydrogens is 249 g/mol. The number of rotatable bonds is 4. The summed E-state index contributed by atoms with van der Waals surface area (Å²) >= 11 is 0. The maximum absolute atomic E-state index is 10.1. The van der Waals surface area contributed by atoms with Crippen LogP contribution >= 0.6 is 0 Å². The zero-order chi connectivity index (χ0) is 14.5. The van der Waals surface area contributed by atoms with Gasteiger partial charge in [-0.15, -0.1) is 0 Å². The lowest BCUT2D eigenvalue weighted by molar-refractivity contribution is 0.477. The Kier molecular flexibility index (Phi) is 4.10. The van der Waals surface area contributed by atoms with Crippen LogP contribution in [-0.2, 0) is 0 Å². The second kappa shape index (κ2) is 5.97. The number of nitrogens with zero attached hydrogens (tertiary/aromatic N) is 3. The van der Waals surface area contributed by atoms with Gasteiger partial charge in [0, 0.05) is 29.0 Å². The molecule has 2 rings (SSSR count). The fraction of sp³-hybridized carbons (Fsp3) is 0. The number of aliphatic imine (C=N–C) groups is 1. The van der Waals surface area contributed by atoms with Crippen LogP contribution in [0.25, 0.3) is 17.3 Å². The van der Waals surface area contributed by atoms with Crippen LogP contribution < -0.4 is 5.59 Å². The van der Waals surface area contributed by atoms with Crippen molar-refractivity contribution in [1.82, 2.24) is 10.2 Å². The molecule has 0 aliphatic rings. The van der Waals surface area contributed by atoms with Crippen LogP contribution in [0, 0.1) is 0 Å². The maximum atomic E-state index is 10.1. The summed E-state index contributed by atoms with van der Waals surface area (Å²) in [4.78, 5) is 4.19. The van der Waals surface area contributed by atoms with Crippen LogP contribution in [0.5, 0.6) is 5.75 Å². The molecule has 5 heteroatoms. The van der Waals surface area contributed by atoms with E-state index in [9.17, 15) is 5.11 Å². The number of phenols is 1. The molecule has 1 aromatic carbocycles. The van der Waals surface area contributed by atoms with E-state index in [4.69, 9.17) is 0 Å². The van der Waals surface area contributed by atoms with E-state index in [-0.39, 0.29) is 5.75 Å². The molecule has 0 aliphatic carbocycles. The fourth-order valence-electron chi connectivity index (χ4n) is 1.75. The molecule has 0 aliphatic heterocycles. The zero-order valence-corrected chi connectivity index (χ0v) is 11.2. The normalized spacial score (nSPS) is 10.6. The molecule has 0 spiro atoms. The lowest BCUT2D eigenvalue weighted by atomic mass is 10.0. The highest BCUT2D eigenvalue weighted by Gasteiger charge is 2.10. The second-order valence-corrected chi connectivity index (χ2v) is 4.21. The van der Waals surface area contributed by atoms with Crippen LogP contribution in [0.3, 0.4) is 0 Å². The van der Waals surface area contributed by atoms with Gasteiger partial charge >= 0.3 is 0 Å². The van der Waals surface area contributed by atoms with E-state index < -0.39 is 0 Å². The molecule has 0 fully saturated rings. The van der Waals surface area contributed by atoms with Crippen LogP contribution in [0.2, 0.25) is 0 Å². The molecule has 0 saturated heterocycles. The van der Waals surface area contributed by atoms with E-state index in [1.54, 1.807) is 30.5 Å². The summed E-state index contributed by atoms with van der Waals surface area (Å²) in [6.45, 7) is 7.33. The Hall–Kier alpha value is -2.69. The molecule has 0 unspecified atom stereocenters. The maximum Gasteiger partial charge on any atom is 0.166 e. The van der Waals surface area contributed by atoms with E-state index in [1.165, 1.54) is 0 Å². The topological polar surface area (TPSA) is 58.4 Å². The monoisotopic (exact) mass is 263 g/mol. The summed E-state index contributed by atoms with van der Waals surface area (Å²) in [6, 6.07) is 7.03. The highest BCUT2D eigenvalue weighted by Crippen LogP contribution is 2.34. The molecule has 0 bridgehead atoms. The van der Waals surface area contributed by atoms with Crippen molar-refractivity contribution in [2.24, 2.45) is 4.99 Å². The van der Waals surface area contributed by atoms with Crippen molar-refractivity contribution in [3.05, 3.63) is 49.1 Å². The average Bonchev–Trinajstić information content (AvgIpc) is 2.46. The first-order valence-electron chi connectivity index (χ1n) is 6.11. The Labute approximate surface area is 118 Å². The van der Waals surface area contributed by atoms with Gasteiger partial charge < -0.3 is 5.11 Å². The van der Waals surface area contributed by atoms with Gasteiger partial charge in [-0.2, -0.15) is 10.2 Å². The minimum atomic E-state index is 0.102. The molecule has 0 atom stereocenters. The van der Waals surface area contributed by atoms with Crippen molar-refractivity contribution < 1.29 is 5.11 Å². The summed E-state index contributed by atoms with van der Waals surface area (Å²) < 4.78 is 0. The predicted octanol–water partition coefficient (Wildman–Crippen LogP) is 1.64. The van der Waals surface area contributed by atoms with Gasteiger partial charge in [0.15, 0.2) is 7.85 Å². The molecular formula is C15H14BN3O. The van der Waals surface area contributed by atoms with Gasteiger partial charge in [0.25, 0.3) is 0 Å². The number of hydrogen-bond donors (Lipinski definition) is 1. The largest absolute Gasteiger partial charge is 0.507 e. The number of hydrogen-bond acceptors (Lipinski definition) is 4. The number of allylic oxidation sites excluding steroid dienone is 1. The molecule has 20 heavy (non-hydrogen) atoms. The molecule has 0 saturated carbocycles. The summed E-state index contributed by atoms with van der Waals surface area (Å²) in [5.41, 5.74) is 3.46. The van der Waals surface area contributed by atoms with Gasteiger partial charge in [-0.3, -0.25) is 4.99 Å². The van der Waals surface area contributed by atoms with Crippen molar-refractivity contribution in [3.8, 4) is 17.0 Å². The Morgan fingerprint density at radius 3 is 2.60 bits per heavy atom. The third kappa shape index (κ3) is 2.83. The minimum Gasteiger partial charge on any atom is -0.507 e. The standard InChI is InChI=1S/C15H14BN3O/c1-3-7-17-13-9-14(20)11(8-10(13)4-2)12-5-6-15(16)19-18-12/h3-9,20H,1-2,16H2/b17-7-. The van der Waals surface area contributed by atoms with Crippen molar-refractivity contribution in [2.75, 3.05) is 0 Å². The highest BCUT2D eigenvalue weighted by molar-refractivity contribution is 6.30. The molecule has 2 aromatic rings. The van der Waals surface area contributed by atoms with Crippen molar-refractivity contribution in [2.45, 2.75) is 0 Å². The first-order chi connectivity index (χ1) is 9.65. The Balaban J connectivity index is 2.55. The van der Waals surface area contributed by atoms with E-state index in [0.29, 0.717) is 16.9 Å². The van der Waals surface area contributed by atoms with Crippen LogP contribution in [0.1, 0.15) is 5.56 Å². The lowest BCUT2D eigenvalue weighted by Gasteiger charge is -2.08. The summed E-state index contributed by atoms with van der Waals surface area (Å²) in [5.74, 6) is 0.102. The predicted molar refractivity (Wildman–Crippen MR) is 85.8 cm³/mol. The molecule has 4 nitrogen and oxygen atoms in total. The van der Waals surface area contributed by atoms with Crippen molar-refractivity contribution in [3.63, 3.8) is 0 Å². The van der Waals surface area contributed by atoms with Gasteiger partial charge in [-0.1, -0.05) is 25.3 Å². The van der Waals surface area contributed by atoms with Gasteiger partial charge in [0.05, 0.1) is 11.4 Å². The number of aromatic hydroxyl groups is 1. The quantitative estimate of drug-likeness (QED) is 0.673. The second-order valence-electron chi connectivity index (χ2n) is 4.21. The smallest absolute Gasteiger partial charge is 0.166 e. The molecule has 0 amide bonds. The summed E-state index contributed by atoms with van der Waals surface area (Å²) in [5, 5.41) is 18.2. The minimum absolute atomic E-state index is 0.102. The number of phenolic OH excluding ortho intramolecular Hbond substituents is 1. The highest BCUT2D eigenvalue weighted by atomic mass is 16.3.